The maximum Gasteiger partial charge on any atom is 0.345 e. The van der Waals surface area contributed by atoms with E-state index in [0.29, 0.717) is 5.69 Å². The van der Waals surface area contributed by atoms with Gasteiger partial charge in [-0.1, -0.05) is 48.5 Å². The van der Waals surface area contributed by atoms with Crippen LogP contribution < -0.4 is 5.69 Å². The van der Waals surface area contributed by atoms with Crippen molar-refractivity contribution in [1.82, 2.24) is 15.0 Å². The van der Waals surface area contributed by atoms with Crippen molar-refractivity contribution in [2.45, 2.75) is 0 Å². The third-order valence-electron chi connectivity index (χ3n) is 3.77. The standard InChI is InChI=1S/C19H13N3O/c23-19-21-17-11-14(15-7-4-10-20-12-15)8-9-16(17)18(22-19)13-5-2-1-3-6-13/h1-12H,(H,21,22,23). The van der Waals surface area contributed by atoms with Gasteiger partial charge in [0.2, 0.25) is 0 Å². The number of hydrogen-bond acceptors (Lipinski definition) is 3. The molecule has 110 valence electrons. The number of aromatic amines is 1. The third kappa shape index (κ3) is 2.51. The Hall–Kier alpha value is -3.27. The molecule has 0 aliphatic heterocycles. The SMILES string of the molecule is O=c1nc(-c2ccccc2)c2ccc(-c3cccnc3)cc2[nH]1. The molecule has 2 aromatic heterocycles. The molecule has 0 fully saturated rings. The fraction of sp³-hybridized carbons (Fsp3) is 0. The Morgan fingerprint density at radius 1 is 0.826 bits per heavy atom. The average Bonchev–Trinajstić information content (AvgIpc) is 2.62. The molecule has 0 amide bonds. The Kier molecular flexibility index (Phi) is 3.20. The highest BCUT2D eigenvalue weighted by molar-refractivity contribution is 5.94. The first-order valence-electron chi connectivity index (χ1n) is 7.31. The van der Waals surface area contributed by atoms with Crippen molar-refractivity contribution in [3.05, 3.63) is 83.5 Å². The summed E-state index contributed by atoms with van der Waals surface area (Å²) in [7, 11) is 0. The van der Waals surface area contributed by atoms with Gasteiger partial charge >= 0.3 is 5.69 Å². The van der Waals surface area contributed by atoms with Crippen LogP contribution in [0.1, 0.15) is 0 Å². The lowest BCUT2D eigenvalue weighted by molar-refractivity contribution is 1.12. The first-order valence-corrected chi connectivity index (χ1v) is 7.31. The number of hydrogen-bond donors (Lipinski definition) is 1. The third-order valence-corrected chi connectivity index (χ3v) is 3.77. The summed E-state index contributed by atoms with van der Waals surface area (Å²) in [5, 5.41) is 0.920. The molecule has 4 aromatic rings. The van der Waals surface area contributed by atoms with Gasteiger partial charge in [-0.25, -0.2) is 4.79 Å². The van der Waals surface area contributed by atoms with Crippen LogP contribution in [0.4, 0.5) is 0 Å². The van der Waals surface area contributed by atoms with E-state index in [4.69, 9.17) is 0 Å². The van der Waals surface area contributed by atoms with Crippen LogP contribution in [-0.2, 0) is 0 Å². The number of H-pyrrole nitrogens is 1. The number of nitrogens with zero attached hydrogens (tertiary/aromatic N) is 2. The number of benzene rings is 2. The lowest BCUT2D eigenvalue weighted by Gasteiger charge is -2.07. The fourth-order valence-electron chi connectivity index (χ4n) is 2.69. The Morgan fingerprint density at radius 2 is 1.65 bits per heavy atom. The van der Waals surface area contributed by atoms with Crippen LogP contribution in [0, 0.1) is 0 Å². The van der Waals surface area contributed by atoms with Crippen LogP contribution in [0.3, 0.4) is 0 Å². The second-order valence-corrected chi connectivity index (χ2v) is 5.26. The van der Waals surface area contributed by atoms with E-state index in [1.54, 1.807) is 12.4 Å². The predicted octanol–water partition coefficient (Wildman–Crippen LogP) is 3.65. The molecule has 4 rings (SSSR count). The summed E-state index contributed by atoms with van der Waals surface area (Å²) in [6.45, 7) is 0. The van der Waals surface area contributed by atoms with Crippen LogP contribution >= 0.6 is 0 Å². The van der Waals surface area contributed by atoms with Gasteiger partial charge in [-0.05, 0) is 17.7 Å². The van der Waals surface area contributed by atoms with Gasteiger partial charge in [-0.15, -0.1) is 0 Å². The van der Waals surface area contributed by atoms with Crippen LogP contribution in [0.2, 0.25) is 0 Å². The molecular weight excluding hydrogens is 286 g/mol. The van der Waals surface area contributed by atoms with Crippen molar-refractivity contribution in [1.29, 1.82) is 0 Å². The van der Waals surface area contributed by atoms with Crippen LogP contribution in [0.15, 0.2) is 77.9 Å². The Bertz CT molecular complexity index is 1020. The average molecular weight is 299 g/mol. The molecule has 0 aliphatic carbocycles. The predicted molar refractivity (Wildman–Crippen MR) is 91.0 cm³/mol. The zero-order chi connectivity index (χ0) is 15.6. The molecule has 2 heterocycles. The fourth-order valence-corrected chi connectivity index (χ4v) is 2.69. The number of nitrogens with one attached hydrogen (secondary N) is 1. The molecule has 4 nitrogen and oxygen atoms in total. The Balaban J connectivity index is 1.96. The quantitative estimate of drug-likeness (QED) is 0.614. The van der Waals surface area contributed by atoms with Crippen molar-refractivity contribution in [2.75, 3.05) is 0 Å². The summed E-state index contributed by atoms with van der Waals surface area (Å²) in [6.07, 6.45) is 3.54. The van der Waals surface area contributed by atoms with E-state index < -0.39 is 0 Å². The number of aromatic nitrogens is 3. The summed E-state index contributed by atoms with van der Waals surface area (Å²) in [5.41, 5.74) is 4.06. The summed E-state index contributed by atoms with van der Waals surface area (Å²) in [4.78, 5) is 23.1. The molecule has 1 N–H and O–H groups in total. The second kappa shape index (κ2) is 5.50. The van der Waals surface area contributed by atoms with Gasteiger partial charge in [0.05, 0.1) is 11.2 Å². The van der Waals surface area contributed by atoms with E-state index in [1.165, 1.54) is 0 Å². The van der Waals surface area contributed by atoms with Crippen molar-refractivity contribution in [3.63, 3.8) is 0 Å². The molecule has 0 saturated carbocycles. The minimum Gasteiger partial charge on any atom is -0.305 e. The van der Waals surface area contributed by atoms with Gasteiger partial charge in [0.15, 0.2) is 0 Å². The zero-order valence-corrected chi connectivity index (χ0v) is 12.2. The summed E-state index contributed by atoms with van der Waals surface area (Å²) >= 11 is 0. The second-order valence-electron chi connectivity index (χ2n) is 5.26. The van der Waals surface area contributed by atoms with E-state index in [-0.39, 0.29) is 5.69 Å². The van der Waals surface area contributed by atoms with E-state index in [0.717, 1.165) is 27.6 Å². The smallest absolute Gasteiger partial charge is 0.305 e. The highest BCUT2D eigenvalue weighted by Crippen LogP contribution is 2.27. The highest BCUT2D eigenvalue weighted by atomic mass is 16.1. The summed E-state index contributed by atoms with van der Waals surface area (Å²) < 4.78 is 0. The Morgan fingerprint density at radius 3 is 2.43 bits per heavy atom. The first kappa shape index (κ1) is 13.4. The monoisotopic (exact) mass is 299 g/mol. The summed E-state index contributed by atoms with van der Waals surface area (Å²) in [5.74, 6) is 0. The normalized spacial score (nSPS) is 10.8. The van der Waals surface area contributed by atoms with Gasteiger partial charge in [-0.3, -0.25) is 4.98 Å². The van der Waals surface area contributed by atoms with Crippen LogP contribution in [-0.4, -0.2) is 15.0 Å². The topological polar surface area (TPSA) is 58.6 Å². The number of pyridine rings is 1. The van der Waals surface area contributed by atoms with E-state index in [2.05, 4.69) is 15.0 Å². The lowest BCUT2D eigenvalue weighted by atomic mass is 10.0. The molecule has 4 heteroatoms. The largest absolute Gasteiger partial charge is 0.345 e. The highest BCUT2D eigenvalue weighted by Gasteiger charge is 2.08. The van der Waals surface area contributed by atoms with E-state index in [1.807, 2.05) is 60.7 Å². The molecule has 0 radical (unpaired) electrons. The van der Waals surface area contributed by atoms with Gasteiger partial charge in [-0.2, -0.15) is 4.98 Å². The molecule has 0 bridgehead atoms. The van der Waals surface area contributed by atoms with Crippen molar-refractivity contribution >= 4 is 10.9 Å². The molecule has 0 aliphatic rings. The maximum absolute atomic E-state index is 11.9. The first-order chi connectivity index (χ1) is 11.3. The van der Waals surface area contributed by atoms with Crippen molar-refractivity contribution in [2.24, 2.45) is 0 Å². The number of rotatable bonds is 2. The minimum absolute atomic E-state index is 0.348. The molecule has 0 spiro atoms. The van der Waals surface area contributed by atoms with Crippen LogP contribution in [0.5, 0.6) is 0 Å². The van der Waals surface area contributed by atoms with Gasteiger partial charge in [0.1, 0.15) is 0 Å². The maximum atomic E-state index is 11.9. The zero-order valence-electron chi connectivity index (χ0n) is 12.2. The number of fused-ring (bicyclic) bond motifs is 1. The van der Waals surface area contributed by atoms with Gasteiger partial charge in [0.25, 0.3) is 0 Å². The van der Waals surface area contributed by atoms with Crippen molar-refractivity contribution in [3.8, 4) is 22.4 Å². The van der Waals surface area contributed by atoms with E-state index >= 15 is 0 Å². The molecule has 0 atom stereocenters. The minimum atomic E-state index is -0.348. The van der Waals surface area contributed by atoms with Gasteiger partial charge < -0.3 is 4.98 Å². The summed E-state index contributed by atoms with van der Waals surface area (Å²) in [6, 6.07) is 19.6. The molecule has 0 saturated heterocycles. The molecule has 2 aromatic carbocycles. The molecule has 23 heavy (non-hydrogen) atoms. The lowest BCUT2D eigenvalue weighted by Crippen LogP contribution is -2.11. The van der Waals surface area contributed by atoms with Crippen molar-refractivity contribution < 1.29 is 0 Å². The van der Waals surface area contributed by atoms with Gasteiger partial charge in [0, 0.05) is 28.9 Å². The van der Waals surface area contributed by atoms with E-state index in [9.17, 15) is 4.79 Å². The Labute approximate surface area is 132 Å². The molecule has 0 unspecified atom stereocenters. The van der Waals surface area contributed by atoms with Crippen LogP contribution in [0.25, 0.3) is 33.3 Å². The molecular formula is C19H13N3O.